The Morgan fingerprint density at radius 2 is 1.82 bits per heavy atom. The first kappa shape index (κ1) is 27.8. The maximum atomic E-state index is 14.5. The molecular formula is C26H27ClF3N5O3. The number of amides is 1. The zero-order chi connectivity index (χ0) is 26.4. The number of carbonyl (C=O) groups excluding carboxylic acids is 1. The van der Waals surface area contributed by atoms with Crippen LogP contribution in [0.2, 0.25) is 0 Å². The summed E-state index contributed by atoms with van der Waals surface area (Å²) < 4.78 is 43.1. The number of benzene rings is 1. The van der Waals surface area contributed by atoms with Crippen molar-refractivity contribution < 1.29 is 28.2 Å². The molecule has 202 valence electrons. The number of pyridine rings is 2. The zero-order valence-corrected chi connectivity index (χ0v) is 21.2. The van der Waals surface area contributed by atoms with Crippen molar-refractivity contribution in [3.05, 3.63) is 70.9 Å². The number of nitrogens with one attached hydrogen (secondary N) is 1. The SMILES string of the molecule is C[C@H]1CN(c2c(NC(=O)c3ccc(F)c(-c4c(F)cccc4F)n3)cnc3c2CC[C@H]3O)C[C@@H](N)[C@@H]1O.Cl. The predicted molar refractivity (Wildman–Crippen MR) is 138 cm³/mol. The standard InChI is InChI=1S/C26H26F3N5O3.ClH/c1-12-10-34(11-17(30)25(12)36)24-13-5-8-20(35)22(13)31-9-19(24)33-26(37)18-7-6-16(29)23(32-18)21-14(27)3-2-4-15(21)28;/h2-4,6-7,9,12,17,20,25,35-36H,5,8,10-11,30H2,1H3,(H,33,37);1H/t12-,17+,20+,25+;/m0./s1. The molecule has 5 N–H and O–H groups in total. The van der Waals surface area contributed by atoms with Gasteiger partial charge in [0.2, 0.25) is 0 Å². The summed E-state index contributed by atoms with van der Waals surface area (Å²) in [5.74, 6) is -3.90. The Kier molecular flexibility index (Phi) is 7.93. The lowest BCUT2D eigenvalue weighted by Gasteiger charge is -2.41. The summed E-state index contributed by atoms with van der Waals surface area (Å²) in [5, 5.41) is 23.4. The number of anilines is 2. The van der Waals surface area contributed by atoms with Gasteiger partial charge < -0.3 is 26.2 Å². The molecule has 0 radical (unpaired) electrons. The summed E-state index contributed by atoms with van der Waals surface area (Å²) in [6.07, 6.45) is 0.994. The second kappa shape index (κ2) is 10.9. The van der Waals surface area contributed by atoms with Crippen LogP contribution in [0, 0.1) is 23.4 Å². The van der Waals surface area contributed by atoms with Crippen LogP contribution in [0.3, 0.4) is 0 Å². The van der Waals surface area contributed by atoms with Gasteiger partial charge in [-0.1, -0.05) is 13.0 Å². The Morgan fingerprint density at radius 3 is 2.50 bits per heavy atom. The third kappa shape index (κ3) is 4.94. The van der Waals surface area contributed by atoms with E-state index in [0.29, 0.717) is 43.0 Å². The molecular weight excluding hydrogens is 523 g/mol. The lowest BCUT2D eigenvalue weighted by Crippen LogP contribution is -2.56. The fourth-order valence-electron chi connectivity index (χ4n) is 5.11. The Morgan fingerprint density at radius 1 is 1.11 bits per heavy atom. The number of rotatable bonds is 4. The first-order valence-electron chi connectivity index (χ1n) is 12.0. The molecule has 3 aromatic rings. The van der Waals surface area contributed by atoms with Gasteiger partial charge in [-0.25, -0.2) is 18.2 Å². The van der Waals surface area contributed by atoms with Crippen molar-refractivity contribution >= 4 is 29.7 Å². The van der Waals surface area contributed by atoms with E-state index in [9.17, 15) is 28.2 Å². The first-order valence-corrected chi connectivity index (χ1v) is 12.0. The molecule has 0 spiro atoms. The van der Waals surface area contributed by atoms with Gasteiger partial charge in [-0.15, -0.1) is 12.4 Å². The summed E-state index contributed by atoms with van der Waals surface area (Å²) >= 11 is 0. The summed E-state index contributed by atoms with van der Waals surface area (Å²) in [5.41, 5.74) is 6.85. The summed E-state index contributed by atoms with van der Waals surface area (Å²) in [7, 11) is 0. The van der Waals surface area contributed by atoms with Crippen molar-refractivity contribution in [3.63, 3.8) is 0 Å². The van der Waals surface area contributed by atoms with E-state index in [-0.39, 0.29) is 24.0 Å². The molecule has 0 unspecified atom stereocenters. The number of hydrogen-bond donors (Lipinski definition) is 4. The quantitative estimate of drug-likeness (QED) is 0.393. The largest absolute Gasteiger partial charge is 0.391 e. The second-order valence-corrected chi connectivity index (χ2v) is 9.55. The van der Waals surface area contributed by atoms with Crippen molar-refractivity contribution in [3.8, 4) is 11.3 Å². The molecule has 1 amide bonds. The van der Waals surface area contributed by atoms with Crippen LogP contribution in [0.1, 0.15) is 41.2 Å². The highest BCUT2D eigenvalue weighted by molar-refractivity contribution is 6.05. The smallest absolute Gasteiger partial charge is 0.274 e. The molecule has 4 atom stereocenters. The summed E-state index contributed by atoms with van der Waals surface area (Å²) in [4.78, 5) is 23.4. The minimum Gasteiger partial charge on any atom is -0.391 e. The number of carbonyl (C=O) groups is 1. The van der Waals surface area contributed by atoms with E-state index in [1.165, 1.54) is 6.20 Å². The molecule has 2 aliphatic rings. The summed E-state index contributed by atoms with van der Waals surface area (Å²) in [6.45, 7) is 2.64. The molecule has 0 bridgehead atoms. The van der Waals surface area contributed by atoms with Crippen molar-refractivity contribution in [1.29, 1.82) is 0 Å². The van der Waals surface area contributed by atoms with Gasteiger partial charge in [0.25, 0.3) is 5.91 Å². The van der Waals surface area contributed by atoms with Crippen molar-refractivity contribution in [1.82, 2.24) is 9.97 Å². The molecule has 12 heteroatoms. The highest BCUT2D eigenvalue weighted by Gasteiger charge is 2.36. The van der Waals surface area contributed by atoms with Gasteiger partial charge >= 0.3 is 0 Å². The number of fused-ring (bicyclic) bond motifs is 1. The Bertz CT molecular complexity index is 1350. The van der Waals surface area contributed by atoms with E-state index < -0.39 is 52.9 Å². The van der Waals surface area contributed by atoms with Crippen LogP contribution in [0.5, 0.6) is 0 Å². The van der Waals surface area contributed by atoms with Crippen LogP contribution < -0.4 is 16.0 Å². The molecule has 1 aromatic carbocycles. The monoisotopic (exact) mass is 549 g/mol. The van der Waals surface area contributed by atoms with Crippen LogP contribution in [0.15, 0.2) is 36.5 Å². The Balaban J connectivity index is 0.00000336. The maximum Gasteiger partial charge on any atom is 0.274 e. The van der Waals surface area contributed by atoms with Crippen LogP contribution in [0.25, 0.3) is 11.3 Å². The zero-order valence-electron chi connectivity index (χ0n) is 20.4. The van der Waals surface area contributed by atoms with E-state index in [2.05, 4.69) is 15.3 Å². The van der Waals surface area contributed by atoms with Gasteiger partial charge in [-0.05, 0) is 37.1 Å². The molecule has 38 heavy (non-hydrogen) atoms. The number of aliphatic hydroxyl groups is 2. The van der Waals surface area contributed by atoms with Crippen LogP contribution in [-0.2, 0) is 6.42 Å². The van der Waals surface area contributed by atoms with E-state index in [1.54, 1.807) is 0 Å². The van der Waals surface area contributed by atoms with Gasteiger partial charge in [-0.2, -0.15) is 0 Å². The summed E-state index contributed by atoms with van der Waals surface area (Å²) in [6, 6.07) is 4.61. The van der Waals surface area contributed by atoms with E-state index in [1.807, 2.05) is 11.8 Å². The van der Waals surface area contributed by atoms with Crippen molar-refractivity contribution in [2.75, 3.05) is 23.3 Å². The number of aliphatic hydroxyl groups excluding tert-OH is 2. The Hall–Kier alpha value is -3.25. The molecule has 3 heterocycles. The molecule has 8 nitrogen and oxygen atoms in total. The number of hydrogen-bond acceptors (Lipinski definition) is 7. The fraction of sp³-hybridized carbons (Fsp3) is 0.346. The number of nitrogens with zero attached hydrogens (tertiary/aromatic N) is 3. The number of piperidine rings is 1. The molecule has 1 saturated heterocycles. The van der Waals surface area contributed by atoms with E-state index >= 15 is 0 Å². The van der Waals surface area contributed by atoms with E-state index in [0.717, 1.165) is 35.9 Å². The van der Waals surface area contributed by atoms with Crippen molar-refractivity contribution in [2.45, 2.75) is 38.0 Å². The maximum absolute atomic E-state index is 14.5. The van der Waals surface area contributed by atoms with Gasteiger partial charge in [-0.3, -0.25) is 9.78 Å². The third-order valence-corrected chi connectivity index (χ3v) is 6.97. The molecule has 0 saturated carbocycles. The molecule has 2 aromatic heterocycles. The topological polar surface area (TPSA) is 125 Å². The van der Waals surface area contributed by atoms with Crippen molar-refractivity contribution in [2.24, 2.45) is 11.7 Å². The fourth-order valence-corrected chi connectivity index (χ4v) is 5.11. The van der Waals surface area contributed by atoms with Gasteiger partial charge in [0.1, 0.15) is 28.8 Å². The molecule has 1 fully saturated rings. The van der Waals surface area contributed by atoms with Crippen LogP contribution in [0.4, 0.5) is 24.5 Å². The Labute approximate surface area is 223 Å². The average molecular weight is 550 g/mol. The van der Waals surface area contributed by atoms with Crippen LogP contribution >= 0.6 is 12.4 Å². The van der Waals surface area contributed by atoms with Crippen LogP contribution in [-0.4, -0.2) is 51.3 Å². The minimum atomic E-state index is -1.01. The predicted octanol–water partition coefficient (Wildman–Crippen LogP) is 3.36. The van der Waals surface area contributed by atoms with Gasteiger partial charge in [0.05, 0.1) is 41.0 Å². The lowest BCUT2D eigenvalue weighted by atomic mass is 9.92. The molecule has 1 aliphatic carbocycles. The third-order valence-electron chi connectivity index (χ3n) is 6.97. The minimum absolute atomic E-state index is 0. The lowest BCUT2D eigenvalue weighted by molar-refractivity contribution is 0.0784. The highest BCUT2D eigenvalue weighted by atomic mass is 35.5. The molecule has 1 aliphatic heterocycles. The molecule has 5 rings (SSSR count). The van der Waals surface area contributed by atoms with Gasteiger partial charge in [0, 0.05) is 30.6 Å². The normalized spacial score (nSPS) is 22.6. The van der Waals surface area contributed by atoms with Gasteiger partial charge in [0.15, 0.2) is 0 Å². The van der Waals surface area contributed by atoms with E-state index in [4.69, 9.17) is 5.73 Å². The number of halogens is 4. The number of nitrogens with two attached hydrogens (primary N) is 1. The highest BCUT2D eigenvalue weighted by Crippen LogP contribution is 2.41. The number of aromatic nitrogens is 2. The second-order valence-electron chi connectivity index (χ2n) is 9.55. The first-order chi connectivity index (χ1) is 17.7. The average Bonchev–Trinajstić information content (AvgIpc) is 3.23.